The molecule has 32 heavy (non-hydrogen) atoms. The van der Waals surface area contributed by atoms with Crippen LogP contribution < -0.4 is 4.74 Å². The lowest BCUT2D eigenvalue weighted by atomic mass is 9.91. The molecule has 2 fully saturated rings. The summed E-state index contributed by atoms with van der Waals surface area (Å²) in [5.41, 5.74) is -0.287. The molecule has 1 aliphatic heterocycles. The molecule has 1 aromatic carbocycles. The van der Waals surface area contributed by atoms with Crippen LogP contribution in [0.5, 0.6) is 11.6 Å². The van der Waals surface area contributed by atoms with Gasteiger partial charge in [-0.15, -0.1) is 0 Å². The Labute approximate surface area is 183 Å². The second-order valence-corrected chi connectivity index (χ2v) is 9.58. The molecule has 0 atom stereocenters. The normalized spacial score (nSPS) is 18.7. The molecule has 10 heteroatoms. The van der Waals surface area contributed by atoms with Crippen LogP contribution in [0.25, 0.3) is 0 Å². The van der Waals surface area contributed by atoms with Crippen LogP contribution in [-0.4, -0.2) is 32.4 Å². The Bertz CT molecular complexity index is 1130. The molecule has 2 aliphatic rings. The van der Waals surface area contributed by atoms with E-state index in [1.807, 2.05) is 0 Å². The Morgan fingerprint density at radius 1 is 1.09 bits per heavy atom. The summed E-state index contributed by atoms with van der Waals surface area (Å²) in [7, 11) is -3.74. The highest BCUT2D eigenvalue weighted by molar-refractivity contribution is 7.94. The second kappa shape index (κ2) is 8.49. The van der Waals surface area contributed by atoms with Crippen LogP contribution in [0.2, 0.25) is 0 Å². The van der Waals surface area contributed by atoms with Crippen molar-refractivity contribution in [2.45, 2.75) is 49.5 Å². The number of rotatable bonds is 4. The van der Waals surface area contributed by atoms with Gasteiger partial charge in [-0.3, -0.25) is 0 Å². The molecule has 2 heterocycles. The van der Waals surface area contributed by atoms with E-state index in [9.17, 15) is 21.6 Å². The number of sulfone groups is 1. The largest absolute Gasteiger partial charge is 0.439 e. The van der Waals surface area contributed by atoms with Crippen LogP contribution in [-0.2, 0) is 25.5 Å². The van der Waals surface area contributed by atoms with Crippen LogP contribution >= 0.6 is 0 Å². The number of aromatic nitrogens is 1. The molecule has 1 spiro atoms. The van der Waals surface area contributed by atoms with Gasteiger partial charge in [0.1, 0.15) is 5.75 Å². The standard InChI is InChI=1S/C22H22F3NO5S/c1-15-19(22(23,24)25)5-6-20(26-15)31-17-3-2-4-18(13-17)32(27,28)14-16-7-9-21(10-8-16)29-11-12-30-21/h2-6,13-14H,7-12H2,1H3. The molecule has 1 aliphatic carbocycles. The molecule has 172 valence electrons. The van der Waals surface area contributed by atoms with Crippen LogP contribution in [0.3, 0.4) is 0 Å². The highest BCUT2D eigenvalue weighted by Crippen LogP contribution is 2.39. The fourth-order valence-corrected chi connectivity index (χ4v) is 5.23. The van der Waals surface area contributed by atoms with Crippen molar-refractivity contribution in [2.24, 2.45) is 0 Å². The zero-order valence-electron chi connectivity index (χ0n) is 17.3. The summed E-state index contributed by atoms with van der Waals surface area (Å²) in [4.78, 5) is 3.86. The quantitative estimate of drug-likeness (QED) is 0.615. The van der Waals surface area contributed by atoms with Gasteiger partial charge in [0.15, 0.2) is 15.6 Å². The van der Waals surface area contributed by atoms with Crippen molar-refractivity contribution in [3.05, 3.63) is 58.6 Å². The summed E-state index contributed by atoms with van der Waals surface area (Å²) < 4.78 is 81.3. The molecule has 0 amide bonds. The maximum atomic E-state index is 12.9. The molecule has 0 unspecified atom stereocenters. The Balaban J connectivity index is 1.49. The van der Waals surface area contributed by atoms with Gasteiger partial charge in [-0.2, -0.15) is 13.2 Å². The highest BCUT2D eigenvalue weighted by Gasteiger charge is 2.39. The van der Waals surface area contributed by atoms with E-state index in [-0.39, 0.29) is 22.2 Å². The second-order valence-electron chi connectivity index (χ2n) is 7.79. The van der Waals surface area contributed by atoms with Crippen molar-refractivity contribution >= 4 is 9.84 Å². The number of ether oxygens (including phenoxy) is 3. The van der Waals surface area contributed by atoms with Gasteiger partial charge in [0.25, 0.3) is 0 Å². The lowest BCUT2D eigenvalue weighted by Crippen LogP contribution is -2.33. The Hall–Kier alpha value is -2.43. The smallest absolute Gasteiger partial charge is 0.418 e. The average molecular weight is 469 g/mol. The molecular formula is C22H22F3NO5S. The number of halogens is 3. The van der Waals surface area contributed by atoms with Crippen LogP contribution in [0.15, 0.2) is 52.3 Å². The maximum Gasteiger partial charge on any atom is 0.418 e. The fraction of sp³-hybridized carbons (Fsp3) is 0.409. The van der Waals surface area contributed by atoms with Crippen molar-refractivity contribution in [1.29, 1.82) is 0 Å². The molecule has 1 aromatic heterocycles. The summed E-state index contributed by atoms with van der Waals surface area (Å²) >= 11 is 0. The van der Waals surface area contributed by atoms with Crippen molar-refractivity contribution < 1.29 is 35.8 Å². The number of hydrogen-bond acceptors (Lipinski definition) is 6. The van der Waals surface area contributed by atoms with Crippen LogP contribution in [0.1, 0.15) is 36.9 Å². The first kappa shape index (κ1) is 22.8. The van der Waals surface area contributed by atoms with Gasteiger partial charge >= 0.3 is 6.18 Å². The Kier molecular flexibility index (Phi) is 6.04. The van der Waals surface area contributed by atoms with Crippen molar-refractivity contribution in [3.63, 3.8) is 0 Å². The minimum Gasteiger partial charge on any atom is -0.439 e. The summed E-state index contributed by atoms with van der Waals surface area (Å²) in [6.45, 7) is 2.34. The number of benzene rings is 1. The minimum absolute atomic E-state index is 0.0276. The number of hydrogen-bond donors (Lipinski definition) is 0. The van der Waals surface area contributed by atoms with E-state index in [4.69, 9.17) is 14.2 Å². The minimum atomic E-state index is -4.51. The lowest BCUT2D eigenvalue weighted by Gasteiger charge is -2.32. The van der Waals surface area contributed by atoms with Gasteiger partial charge in [0.05, 0.1) is 29.4 Å². The third kappa shape index (κ3) is 4.97. The molecule has 4 rings (SSSR count). The molecule has 2 aromatic rings. The number of allylic oxidation sites excluding steroid dienone is 1. The fourth-order valence-electron chi connectivity index (χ4n) is 3.87. The third-order valence-electron chi connectivity index (χ3n) is 5.51. The topological polar surface area (TPSA) is 74.7 Å². The first-order valence-electron chi connectivity index (χ1n) is 10.1. The van der Waals surface area contributed by atoms with Crippen LogP contribution in [0.4, 0.5) is 13.2 Å². The molecule has 1 saturated heterocycles. The van der Waals surface area contributed by atoms with Crippen molar-refractivity contribution in [1.82, 2.24) is 4.98 Å². The zero-order valence-corrected chi connectivity index (χ0v) is 18.1. The molecule has 0 bridgehead atoms. The highest BCUT2D eigenvalue weighted by atomic mass is 32.2. The van der Waals surface area contributed by atoms with E-state index in [2.05, 4.69) is 4.98 Å². The van der Waals surface area contributed by atoms with Gasteiger partial charge in [0.2, 0.25) is 5.88 Å². The van der Waals surface area contributed by atoms with Crippen LogP contribution in [0, 0.1) is 6.92 Å². The molecule has 1 saturated carbocycles. The maximum absolute atomic E-state index is 12.9. The van der Waals surface area contributed by atoms with E-state index < -0.39 is 27.4 Å². The van der Waals surface area contributed by atoms with Crippen molar-refractivity contribution in [2.75, 3.05) is 13.2 Å². The summed E-state index contributed by atoms with van der Waals surface area (Å²) in [5, 5.41) is 1.27. The molecular weight excluding hydrogens is 447 g/mol. The Morgan fingerprint density at radius 3 is 2.41 bits per heavy atom. The number of pyridine rings is 1. The van der Waals surface area contributed by atoms with E-state index in [0.29, 0.717) is 38.9 Å². The average Bonchev–Trinajstić information content (AvgIpc) is 3.17. The summed E-state index contributed by atoms with van der Waals surface area (Å²) in [6.07, 6.45) is -2.17. The molecule has 0 N–H and O–H groups in total. The number of nitrogens with zero attached hydrogens (tertiary/aromatic N) is 1. The zero-order chi connectivity index (χ0) is 23.0. The van der Waals surface area contributed by atoms with Gasteiger partial charge in [-0.1, -0.05) is 11.6 Å². The number of aryl methyl sites for hydroxylation is 1. The van der Waals surface area contributed by atoms with Gasteiger partial charge in [-0.25, -0.2) is 13.4 Å². The van der Waals surface area contributed by atoms with E-state index in [1.165, 1.54) is 36.6 Å². The molecule has 6 nitrogen and oxygen atoms in total. The summed E-state index contributed by atoms with van der Waals surface area (Å²) in [5.74, 6) is -0.481. The summed E-state index contributed by atoms with van der Waals surface area (Å²) in [6, 6.07) is 7.78. The van der Waals surface area contributed by atoms with Crippen molar-refractivity contribution in [3.8, 4) is 11.6 Å². The van der Waals surface area contributed by atoms with Gasteiger partial charge in [-0.05, 0) is 44.0 Å². The first-order valence-corrected chi connectivity index (χ1v) is 11.7. The number of alkyl halides is 3. The van der Waals surface area contributed by atoms with Gasteiger partial charge < -0.3 is 14.2 Å². The first-order chi connectivity index (χ1) is 15.1. The van der Waals surface area contributed by atoms with E-state index in [0.717, 1.165) is 17.7 Å². The van der Waals surface area contributed by atoms with E-state index >= 15 is 0 Å². The third-order valence-corrected chi connectivity index (χ3v) is 7.07. The molecule has 0 radical (unpaired) electrons. The van der Waals surface area contributed by atoms with Gasteiger partial charge in [0, 0.05) is 24.3 Å². The monoisotopic (exact) mass is 469 g/mol. The predicted octanol–water partition coefficient (Wildman–Crippen LogP) is 5.18. The van der Waals surface area contributed by atoms with E-state index in [1.54, 1.807) is 0 Å². The lowest BCUT2D eigenvalue weighted by molar-refractivity contribution is -0.171. The SMILES string of the molecule is Cc1nc(Oc2cccc(S(=O)(=O)C=C3CCC4(CC3)OCCO4)c2)ccc1C(F)(F)F. The Morgan fingerprint density at radius 2 is 1.78 bits per heavy atom. The predicted molar refractivity (Wildman–Crippen MR) is 109 cm³/mol.